The lowest BCUT2D eigenvalue weighted by Crippen LogP contribution is -2.18. The number of hydrogen-bond donors (Lipinski definition) is 1. The van der Waals surface area contributed by atoms with E-state index in [-0.39, 0.29) is 6.10 Å². The molecule has 1 fully saturated rings. The summed E-state index contributed by atoms with van der Waals surface area (Å²) < 4.78 is 0. The molecule has 1 aliphatic carbocycles. The van der Waals surface area contributed by atoms with Gasteiger partial charge < -0.3 is 5.11 Å². The Kier molecular flexibility index (Phi) is 2.12. The lowest BCUT2D eigenvalue weighted by Gasteiger charge is -2.17. The third-order valence-electron chi connectivity index (χ3n) is 2.55. The van der Waals surface area contributed by atoms with E-state index in [1.165, 1.54) is 19.3 Å². The minimum absolute atomic E-state index is 0.0810. The highest BCUT2D eigenvalue weighted by atomic mass is 16.3. The average molecular weight is 128 g/mol. The van der Waals surface area contributed by atoms with Crippen molar-refractivity contribution < 1.29 is 5.11 Å². The topological polar surface area (TPSA) is 20.2 Å². The Morgan fingerprint density at radius 2 is 2.11 bits per heavy atom. The first kappa shape index (κ1) is 7.07. The van der Waals surface area contributed by atoms with Gasteiger partial charge in [-0.3, -0.25) is 0 Å². The molecule has 0 amide bonds. The molecular weight excluding hydrogens is 112 g/mol. The summed E-state index contributed by atoms with van der Waals surface area (Å²) >= 11 is 0. The first-order valence-corrected chi connectivity index (χ1v) is 3.90. The predicted octanol–water partition coefficient (Wildman–Crippen LogP) is 1.80. The lowest BCUT2D eigenvalue weighted by atomic mass is 9.93. The minimum Gasteiger partial charge on any atom is -0.393 e. The molecule has 0 heterocycles. The van der Waals surface area contributed by atoms with Crippen molar-refractivity contribution in [2.75, 3.05) is 0 Å². The Morgan fingerprint density at radius 1 is 1.44 bits per heavy atom. The molecule has 9 heavy (non-hydrogen) atoms. The van der Waals surface area contributed by atoms with Crippen molar-refractivity contribution in [3.63, 3.8) is 0 Å². The molecule has 0 saturated heterocycles. The zero-order chi connectivity index (χ0) is 6.85. The van der Waals surface area contributed by atoms with Gasteiger partial charge in [0.15, 0.2) is 0 Å². The number of rotatable bonds is 1. The summed E-state index contributed by atoms with van der Waals surface area (Å²) in [4.78, 5) is 0. The molecule has 3 atom stereocenters. The molecule has 1 heteroatoms. The van der Waals surface area contributed by atoms with Gasteiger partial charge in [0.25, 0.3) is 0 Å². The molecule has 54 valence electrons. The maximum Gasteiger partial charge on any atom is 0.0542 e. The van der Waals surface area contributed by atoms with Crippen molar-refractivity contribution in [3.05, 3.63) is 0 Å². The van der Waals surface area contributed by atoms with Gasteiger partial charge in [0, 0.05) is 0 Å². The van der Waals surface area contributed by atoms with Crippen LogP contribution < -0.4 is 0 Å². The molecule has 1 saturated carbocycles. The number of aliphatic hydroxyl groups is 1. The van der Waals surface area contributed by atoms with Crippen molar-refractivity contribution in [2.24, 2.45) is 11.8 Å². The highest BCUT2D eigenvalue weighted by molar-refractivity contribution is 4.77. The first-order chi connectivity index (χ1) is 4.22. The lowest BCUT2D eigenvalue weighted by molar-refractivity contribution is 0.107. The van der Waals surface area contributed by atoms with Crippen LogP contribution in [0.4, 0.5) is 0 Å². The van der Waals surface area contributed by atoms with Gasteiger partial charge in [-0.15, -0.1) is 0 Å². The van der Waals surface area contributed by atoms with Crippen LogP contribution in [0.3, 0.4) is 0 Å². The highest BCUT2D eigenvalue weighted by Crippen LogP contribution is 2.33. The van der Waals surface area contributed by atoms with Crippen molar-refractivity contribution in [3.8, 4) is 0 Å². The average Bonchev–Trinajstić information content (AvgIpc) is 2.13. The van der Waals surface area contributed by atoms with Crippen molar-refractivity contribution in [2.45, 2.75) is 39.2 Å². The van der Waals surface area contributed by atoms with E-state index in [1.807, 2.05) is 6.92 Å². The summed E-state index contributed by atoms with van der Waals surface area (Å²) in [5, 5.41) is 9.22. The van der Waals surface area contributed by atoms with Gasteiger partial charge in [-0.2, -0.15) is 0 Å². The molecule has 0 aromatic heterocycles. The number of aliphatic hydroxyl groups excluding tert-OH is 1. The third-order valence-corrected chi connectivity index (χ3v) is 2.55. The van der Waals surface area contributed by atoms with Crippen LogP contribution in [0.2, 0.25) is 0 Å². The summed E-state index contributed by atoms with van der Waals surface area (Å²) in [6.07, 6.45) is 3.79. The molecule has 1 aliphatic rings. The van der Waals surface area contributed by atoms with Crippen LogP contribution in [-0.2, 0) is 0 Å². The summed E-state index contributed by atoms with van der Waals surface area (Å²) in [7, 11) is 0. The summed E-state index contributed by atoms with van der Waals surface area (Å²) in [6.45, 7) is 4.15. The van der Waals surface area contributed by atoms with E-state index in [9.17, 15) is 5.11 Å². The van der Waals surface area contributed by atoms with Crippen LogP contribution in [0.1, 0.15) is 33.1 Å². The Bertz CT molecular complexity index is 88.6. The summed E-state index contributed by atoms with van der Waals surface area (Å²) in [5.41, 5.74) is 0. The molecule has 0 aromatic rings. The molecule has 1 rings (SSSR count). The summed E-state index contributed by atoms with van der Waals surface area (Å²) in [5.74, 6) is 1.34. The largest absolute Gasteiger partial charge is 0.393 e. The zero-order valence-electron chi connectivity index (χ0n) is 6.30. The van der Waals surface area contributed by atoms with Gasteiger partial charge in [-0.1, -0.05) is 19.8 Å². The second kappa shape index (κ2) is 2.70. The molecule has 1 N–H and O–H groups in total. The van der Waals surface area contributed by atoms with Crippen LogP contribution in [0.15, 0.2) is 0 Å². The fraction of sp³-hybridized carbons (Fsp3) is 1.00. The van der Waals surface area contributed by atoms with Crippen LogP contribution in [0.25, 0.3) is 0 Å². The normalized spacial score (nSPS) is 39.0. The van der Waals surface area contributed by atoms with E-state index >= 15 is 0 Å². The van der Waals surface area contributed by atoms with E-state index in [2.05, 4.69) is 6.92 Å². The fourth-order valence-corrected chi connectivity index (χ4v) is 1.89. The summed E-state index contributed by atoms with van der Waals surface area (Å²) in [6, 6.07) is 0. The highest BCUT2D eigenvalue weighted by Gasteiger charge is 2.26. The second-order valence-corrected chi connectivity index (χ2v) is 3.31. The van der Waals surface area contributed by atoms with Crippen LogP contribution >= 0.6 is 0 Å². The van der Waals surface area contributed by atoms with Gasteiger partial charge >= 0.3 is 0 Å². The SMILES string of the molecule is CC1CCCC1[C@H](C)O. The van der Waals surface area contributed by atoms with Gasteiger partial charge in [0.2, 0.25) is 0 Å². The van der Waals surface area contributed by atoms with Crippen molar-refractivity contribution in [1.82, 2.24) is 0 Å². The van der Waals surface area contributed by atoms with E-state index in [1.54, 1.807) is 0 Å². The standard InChI is InChI=1S/C8H16O/c1-6-4-3-5-8(6)7(2)9/h6-9H,3-5H2,1-2H3/t6?,7-,8?/m0/s1. The van der Waals surface area contributed by atoms with Crippen molar-refractivity contribution >= 4 is 0 Å². The number of hydrogen-bond acceptors (Lipinski definition) is 1. The van der Waals surface area contributed by atoms with Gasteiger partial charge in [-0.05, 0) is 25.2 Å². The van der Waals surface area contributed by atoms with Gasteiger partial charge in [-0.25, -0.2) is 0 Å². The third kappa shape index (κ3) is 1.45. The predicted molar refractivity (Wildman–Crippen MR) is 38.2 cm³/mol. The molecule has 0 bridgehead atoms. The Labute approximate surface area is 57.1 Å². The molecular formula is C8H16O. The van der Waals surface area contributed by atoms with Gasteiger partial charge in [0.1, 0.15) is 0 Å². The molecule has 0 spiro atoms. The molecule has 1 nitrogen and oxygen atoms in total. The minimum atomic E-state index is -0.0810. The van der Waals surface area contributed by atoms with E-state index in [4.69, 9.17) is 0 Å². The Morgan fingerprint density at radius 3 is 2.33 bits per heavy atom. The van der Waals surface area contributed by atoms with Gasteiger partial charge in [0.05, 0.1) is 6.10 Å². The van der Waals surface area contributed by atoms with E-state index in [0.717, 1.165) is 5.92 Å². The first-order valence-electron chi connectivity index (χ1n) is 3.90. The molecule has 0 aromatic carbocycles. The second-order valence-electron chi connectivity index (χ2n) is 3.31. The monoisotopic (exact) mass is 128 g/mol. The zero-order valence-corrected chi connectivity index (χ0v) is 6.30. The Hall–Kier alpha value is -0.0400. The molecule has 2 unspecified atom stereocenters. The molecule has 0 radical (unpaired) electrons. The maximum atomic E-state index is 9.22. The van der Waals surface area contributed by atoms with Crippen LogP contribution in [-0.4, -0.2) is 11.2 Å². The van der Waals surface area contributed by atoms with Crippen molar-refractivity contribution in [1.29, 1.82) is 0 Å². The van der Waals surface area contributed by atoms with Crippen LogP contribution in [0, 0.1) is 11.8 Å². The van der Waals surface area contributed by atoms with Crippen LogP contribution in [0.5, 0.6) is 0 Å². The fourth-order valence-electron chi connectivity index (χ4n) is 1.89. The quantitative estimate of drug-likeness (QED) is 0.571. The maximum absolute atomic E-state index is 9.22. The smallest absolute Gasteiger partial charge is 0.0542 e. The molecule has 0 aliphatic heterocycles. The van der Waals surface area contributed by atoms with E-state index < -0.39 is 0 Å². The van der Waals surface area contributed by atoms with E-state index in [0.29, 0.717) is 5.92 Å². The Balaban J connectivity index is 2.40.